The summed E-state index contributed by atoms with van der Waals surface area (Å²) in [7, 11) is -0.930. The highest BCUT2D eigenvalue weighted by Gasteiger charge is 2.50. The Labute approximate surface area is 120 Å². The van der Waals surface area contributed by atoms with Crippen LogP contribution in [0.15, 0.2) is 29.2 Å². The third-order valence-corrected chi connectivity index (χ3v) is 4.97. The molecular formula is C12H13F3N2O3S. The number of alkyl halides is 3. The predicted octanol–water partition coefficient (Wildman–Crippen LogP) is 1.17. The first-order chi connectivity index (χ1) is 9.55. The van der Waals surface area contributed by atoms with Gasteiger partial charge in [-0.3, -0.25) is 4.79 Å². The fraction of sp³-hybridized carbons (Fsp3) is 0.417. The first-order valence-electron chi connectivity index (χ1n) is 5.95. The number of hydrogen-bond acceptors (Lipinski definition) is 3. The van der Waals surface area contributed by atoms with E-state index < -0.39 is 27.8 Å². The van der Waals surface area contributed by atoms with Gasteiger partial charge in [-0.1, -0.05) is 0 Å². The molecule has 2 unspecified atom stereocenters. The number of carbonyl (C=O) groups is 1. The van der Waals surface area contributed by atoms with E-state index in [1.165, 1.54) is 19.0 Å². The van der Waals surface area contributed by atoms with E-state index in [4.69, 9.17) is 0 Å². The van der Waals surface area contributed by atoms with Crippen molar-refractivity contribution in [1.82, 2.24) is 9.21 Å². The summed E-state index contributed by atoms with van der Waals surface area (Å²) in [6, 6.07) is 2.44. The zero-order valence-corrected chi connectivity index (χ0v) is 12.1. The van der Waals surface area contributed by atoms with Crippen molar-refractivity contribution in [1.29, 1.82) is 0 Å². The molecular weight excluding hydrogens is 309 g/mol. The van der Waals surface area contributed by atoms with E-state index in [2.05, 4.69) is 0 Å². The number of likely N-dealkylation sites (N-methyl/N-ethyl adjacent to an activating group) is 1. The minimum atomic E-state index is -4.52. The minimum Gasteiger partial charge on any atom is -0.347 e. The monoisotopic (exact) mass is 322 g/mol. The fourth-order valence-corrected chi connectivity index (χ4v) is 3.35. The van der Waals surface area contributed by atoms with Crippen LogP contribution in [0.25, 0.3) is 0 Å². The number of rotatable bonds is 3. The summed E-state index contributed by atoms with van der Waals surface area (Å²) >= 11 is 0. The summed E-state index contributed by atoms with van der Waals surface area (Å²) in [5.74, 6) is -0.356. The minimum absolute atomic E-state index is 0.0420. The fourth-order valence-electron chi connectivity index (χ4n) is 1.84. The summed E-state index contributed by atoms with van der Waals surface area (Å²) in [6.07, 6.45) is -4.52. The first-order valence-corrected chi connectivity index (χ1v) is 7.39. The highest BCUT2D eigenvalue weighted by molar-refractivity contribution is 7.89. The highest BCUT2D eigenvalue weighted by atomic mass is 32.2. The standard InChI is InChI=1S/C12H13F3N2O3S/c1-16(2)11(18)10-7-17(10)21(19,20)9-5-3-8(4-6-9)12(13,14)15/h3-6,10H,7H2,1-2H3. The Hall–Kier alpha value is -1.61. The lowest BCUT2D eigenvalue weighted by Gasteiger charge is -2.11. The molecule has 1 amide bonds. The maximum absolute atomic E-state index is 12.4. The molecule has 1 aliphatic rings. The molecule has 0 radical (unpaired) electrons. The van der Waals surface area contributed by atoms with E-state index in [0.29, 0.717) is 12.1 Å². The van der Waals surface area contributed by atoms with Gasteiger partial charge in [-0.15, -0.1) is 0 Å². The van der Waals surface area contributed by atoms with Crippen molar-refractivity contribution in [3.05, 3.63) is 29.8 Å². The van der Waals surface area contributed by atoms with Crippen LogP contribution < -0.4 is 0 Å². The Morgan fingerprint density at radius 3 is 2.19 bits per heavy atom. The second-order valence-corrected chi connectivity index (χ2v) is 6.74. The number of nitrogens with zero attached hydrogens (tertiary/aromatic N) is 2. The molecule has 1 aliphatic heterocycles. The molecule has 2 atom stereocenters. The molecule has 0 spiro atoms. The Bertz CT molecular complexity index is 653. The smallest absolute Gasteiger partial charge is 0.347 e. The van der Waals surface area contributed by atoms with E-state index in [9.17, 15) is 26.4 Å². The molecule has 1 fully saturated rings. The van der Waals surface area contributed by atoms with Crippen LogP contribution >= 0.6 is 0 Å². The van der Waals surface area contributed by atoms with Crippen molar-refractivity contribution in [2.24, 2.45) is 0 Å². The van der Waals surface area contributed by atoms with Gasteiger partial charge < -0.3 is 4.90 Å². The van der Waals surface area contributed by atoms with E-state index >= 15 is 0 Å². The van der Waals surface area contributed by atoms with Crippen LogP contribution in [0, 0.1) is 0 Å². The molecule has 0 aromatic heterocycles. The normalized spacial score (nSPS) is 22.0. The molecule has 9 heteroatoms. The molecule has 5 nitrogen and oxygen atoms in total. The summed E-state index contributed by atoms with van der Waals surface area (Å²) in [5.41, 5.74) is -0.923. The molecule has 1 aromatic carbocycles. The van der Waals surface area contributed by atoms with Gasteiger partial charge in [0.05, 0.1) is 10.5 Å². The van der Waals surface area contributed by atoms with Gasteiger partial charge in [-0.2, -0.15) is 17.5 Å². The van der Waals surface area contributed by atoms with E-state index in [-0.39, 0.29) is 17.3 Å². The van der Waals surface area contributed by atoms with Crippen molar-refractivity contribution < 1.29 is 26.4 Å². The molecule has 1 aromatic rings. The van der Waals surface area contributed by atoms with Gasteiger partial charge in [0.25, 0.3) is 0 Å². The molecule has 0 aliphatic carbocycles. The first kappa shape index (κ1) is 15.8. The maximum atomic E-state index is 12.4. The number of sulfonamides is 1. The second kappa shape index (κ2) is 4.99. The van der Waals surface area contributed by atoms with Gasteiger partial charge in [0.1, 0.15) is 6.04 Å². The molecule has 0 saturated carbocycles. The average molecular weight is 322 g/mol. The van der Waals surface area contributed by atoms with E-state index in [1.54, 1.807) is 0 Å². The number of halogens is 3. The third-order valence-electron chi connectivity index (χ3n) is 3.08. The third kappa shape index (κ3) is 3.03. The summed E-state index contributed by atoms with van der Waals surface area (Å²) in [5, 5.41) is 0. The largest absolute Gasteiger partial charge is 0.416 e. The van der Waals surface area contributed by atoms with Gasteiger partial charge in [0, 0.05) is 20.6 Å². The zero-order chi connectivity index (χ0) is 16.0. The molecule has 21 heavy (non-hydrogen) atoms. The van der Waals surface area contributed by atoms with Crippen LogP contribution in [0.5, 0.6) is 0 Å². The number of amides is 1. The van der Waals surface area contributed by atoms with Crippen LogP contribution in [-0.4, -0.2) is 50.2 Å². The Kier molecular flexibility index (Phi) is 3.75. The van der Waals surface area contributed by atoms with E-state index in [1.807, 2.05) is 0 Å². The topological polar surface area (TPSA) is 57.5 Å². The Morgan fingerprint density at radius 2 is 1.76 bits per heavy atom. The Morgan fingerprint density at radius 1 is 1.24 bits per heavy atom. The number of hydrogen-bond donors (Lipinski definition) is 0. The maximum Gasteiger partial charge on any atom is 0.416 e. The number of benzene rings is 1. The van der Waals surface area contributed by atoms with Gasteiger partial charge in [-0.05, 0) is 24.3 Å². The van der Waals surface area contributed by atoms with E-state index in [0.717, 1.165) is 16.4 Å². The van der Waals surface area contributed by atoms with Crippen LogP contribution in [-0.2, 0) is 21.0 Å². The van der Waals surface area contributed by atoms with Crippen molar-refractivity contribution in [2.45, 2.75) is 17.1 Å². The van der Waals surface area contributed by atoms with Gasteiger partial charge >= 0.3 is 6.18 Å². The quantitative estimate of drug-likeness (QED) is 0.785. The molecule has 0 bridgehead atoms. The lowest BCUT2D eigenvalue weighted by atomic mass is 10.2. The van der Waals surface area contributed by atoms with Gasteiger partial charge in [-0.25, -0.2) is 8.42 Å². The highest BCUT2D eigenvalue weighted by Crippen LogP contribution is 2.32. The lowest BCUT2D eigenvalue weighted by molar-refractivity contribution is -0.137. The van der Waals surface area contributed by atoms with Crippen LogP contribution in [0.2, 0.25) is 0 Å². The summed E-state index contributed by atoms with van der Waals surface area (Å²) in [6.45, 7) is 0.0420. The Balaban J connectivity index is 2.21. The molecule has 0 N–H and O–H groups in total. The average Bonchev–Trinajstić information content (AvgIpc) is 3.17. The van der Waals surface area contributed by atoms with Crippen molar-refractivity contribution in [3.8, 4) is 0 Å². The van der Waals surface area contributed by atoms with Crippen molar-refractivity contribution in [2.75, 3.05) is 20.6 Å². The van der Waals surface area contributed by atoms with Crippen molar-refractivity contribution >= 4 is 15.9 Å². The zero-order valence-electron chi connectivity index (χ0n) is 11.3. The van der Waals surface area contributed by atoms with Crippen LogP contribution in [0.1, 0.15) is 5.56 Å². The van der Waals surface area contributed by atoms with Crippen LogP contribution in [0.4, 0.5) is 13.2 Å². The van der Waals surface area contributed by atoms with Crippen molar-refractivity contribution in [3.63, 3.8) is 0 Å². The SMILES string of the molecule is CN(C)C(=O)C1CN1S(=O)(=O)c1ccc(C(F)(F)F)cc1. The van der Waals surface area contributed by atoms with Gasteiger partial charge in [0.15, 0.2) is 0 Å². The summed E-state index contributed by atoms with van der Waals surface area (Å²) in [4.78, 5) is 12.7. The number of carbonyl (C=O) groups excluding carboxylic acids is 1. The second-order valence-electron chi connectivity index (χ2n) is 4.85. The molecule has 1 heterocycles. The summed E-state index contributed by atoms with van der Waals surface area (Å²) < 4.78 is 62.6. The van der Waals surface area contributed by atoms with Crippen LogP contribution in [0.3, 0.4) is 0 Å². The lowest BCUT2D eigenvalue weighted by Crippen LogP contribution is -2.30. The molecule has 116 valence electrons. The predicted molar refractivity (Wildman–Crippen MR) is 67.8 cm³/mol. The molecule has 1 saturated heterocycles. The molecule has 2 rings (SSSR count). The van der Waals surface area contributed by atoms with Gasteiger partial charge in [0.2, 0.25) is 15.9 Å².